The number of aryl methyl sites for hydroxylation is 3. The highest BCUT2D eigenvalue weighted by Gasteiger charge is 2.13. The first-order chi connectivity index (χ1) is 9.01. The Bertz CT molecular complexity index is 639. The monoisotopic (exact) mass is 272 g/mol. The molecular weight excluding hydrogens is 256 g/mol. The fourth-order valence-electron chi connectivity index (χ4n) is 2.06. The van der Waals surface area contributed by atoms with Crippen molar-refractivity contribution in [3.05, 3.63) is 39.1 Å². The molecular formula is C14H16N4S. The maximum absolute atomic E-state index is 9.28. The van der Waals surface area contributed by atoms with E-state index in [-0.39, 0.29) is 0 Å². The summed E-state index contributed by atoms with van der Waals surface area (Å²) in [5.74, 6) is 0. The molecule has 0 amide bonds. The number of pyridine rings is 1. The Morgan fingerprint density at radius 2 is 2.05 bits per heavy atom. The minimum atomic E-state index is 0.639. The minimum Gasteiger partial charge on any atom is -0.367 e. The van der Waals surface area contributed by atoms with Crippen LogP contribution in [0.1, 0.15) is 27.7 Å². The lowest BCUT2D eigenvalue weighted by Crippen LogP contribution is -2.19. The highest BCUT2D eigenvalue weighted by atomic mass is 32.1. The van der Waals surface area contributed by atoms with Gasteiger partial charge in [-0.25, -0.2) is 4.98 Å². The van der Waals surface area contributed by atoms with Crippen LogP contribution in [0.2, 0.25) is 0 Å². The first-order valence-corrected chi connectivity index (χ1v) is 6.89. The molecule has 0 spiro atoms. The molecule has 2 rings (SSSR count). The predicted molar refractivity (Wildman–Crippen MR) is 77.4 cm³/mol. The quantitative estimate of drug-likeness (QED) is 0.862. The van der Waals surface area contributed by atoms with E-state index in [0.29, 0.717) is 12.1 Å². The van der Waals surface area contributed by atoms with Crippen LogP contribution in [0.5, 0.6) is 0 Å². The average molecular weight is 272 g/mol. The van der Waals surface area contributed by atoms with Gasteiger partial charge in [0.15, 0.2) is 0 Å². The third-order valence-electron chi connectivity index (χ3n) is 2.90. The molecule has 0 aliphatic carbocycles. The van der Waals surface area contributed by atoms with E-state index in [2.05, 4.69) is 26.3 Å². The highest BCUT2D eigenvalue weighted by molar-refractivity contribution is 7.09. The van der Waals surface area contributed by atoms with E-state index in [1.165, 1.54) is 0 Å². The Hall–Kier alpha value is -1.93. The molecule has 0 aliphatic rings. The average Bonchev–Trinajstić information content (AvgIpc) is 2.73. The van der Waals surface area contributed by atoms with Gasteiger partial charge in [-0.05, 0) is 26.8 Å². The minimum absolute atomic E-state index is 0.639. The molecule has 0 aromatic carbocycles. The molecule has 0 aliphatic heterocycles. The predicted octanol–water partition coefficient (Wildman–Crippen LogP) is 2.97. The zero-order chi connectivity index (χ0) is 14.0. The van der Waals surface area contributed by atoms with Crippen molar-refractivity contribution in [3.63, 3.8) is 0 Å². The molecule has 0 bridgehead atoms. The zero-order valence-corrected chi connectivity index (χ0v) is 12.4. The molecule has 0 saturated carbocycles. The third kappa shape index (κ3) is 2.91. The number of hydrogen-bond donors (Lipinski definition) is 0. The van der Waals surface area contributed by atoms with Crippen LogP contribution in [0.3, 0.4) is 0 Å². The maximum atomic E-state index is 9.28. The number of nitrogens with zero attached hydrogens (tertiary/aromatic N) is 4. The van der Waals surface area contributed by atoms with Crippen LogP contribution >= 0.6 is 11.3 Å². The molecule has 19 heavy (non-hydrogen) atoms. The Kier molecular flexibility index (Phi) is 3.82. The van der Waals surface area contributed by atoms with E-state index in [9.17, 15) is 5.26 Å². The molecule has 0 saturated heterocycles. The maximum Gasteiger partial charge on any atom is 0.103 e. The van der Waals surface area contributed by atoms with Gasteiger partial charge in [-0.15, -0.1) is 11.3 Å². The van der Waals surface area contributed by atoms with Crippen molar-refractivity contribution in [1.82, 2.24) is 9.97 Å². The molecule has 0 atom stereocenters. The summed E-state index contributed by atoms with van der Waals surface area (Å²) in [5.41, 5.74) is 4.28. The van der Waals surface area contributed by atoms with Gasteiger partial charge in [-0.1, -0.05) is 0 Å². The lowest BCUT2D eigenvalue weighted by atomic mass is 10.1. The largest absolute Gasteiger partial charge is 0.367 e. The topological polar surface area (TPSA) is 52.8 Å². The molecule has 2 aromatic rings. The van der Waals surface area contributed by atoms with Crippen LogP contribution in [-0.2, 0) is 6.54 Å². The summed E-state index contributed by atoms with van der Waals surface area (Å²) in [4.78, 5) is 10.8. The lowest BCUT2D eigenvalue weighted by molar-refractivity contribution is 0.882. The molecule has 2 heterocycles. The SMILES string of the molecule is Cc1cc(N(C)Cc2csc(C)n2)c(C#N)c(C)n1. The van der Waals surface area contributed by atoms with Crippen molar-refractivity contribution < 1.29 is 0 Å². The molecule has 0 unspecified atom stereocenters. The summed E-state index contributed by atoms with van der Waals surface area (Å²) < 4.78 is 0. The molecule has 0 radical (unpaired) electrons. The smallest absolute Gasteiger partial charge is 0.103 e. The van der Waals surface area contributed by atoms with Crippen molar-refractivity contribution >= 4 is 17.0 Å². The van der Waals surface area contributed by atoms with E-state index >= 15 is 0 Å². The number of hydrogen-bond acceptors (Lipinski definition) is 5. The third-order valence-corrected chi connectivity index (χ3v) is 3.72. The highest BCUT2D eigenvalue weighted by Crippen LogP contribution is 2.24. The summed E-state index contributed by atoms with van der Waals surface area (Å²) in [6, 6.07) is 4.19. The summed E-state index contributed by atoms with van der Waals surface area (Å²) >= 11 is 1.64. The molecule has 98 valence electrons. The first-order valence-electron chi connectivity index (χ1n) is 6.01. The summed E-state index contributed by atoms with van der Waals surface area (Å²) in [7, 11) is 1.98. The van der Waals surface area contributed by atoms with Gasteiger partial charge in [0.2, 0.25) is 0 Å². The zero-order valence-electron chi connectivity index (χ0n) is 11.6. The van der Waals surface area contributed by atoms with E-state index < -0.39 is 0 Å². The van der Waals surface area contributed by atoms with Crippen molar-refractivity contribution in [3.8, 4) is 6.07 Å². The van der Waals surface area contributed by atoms with Crippen LogP contribution in [0.4, 0.5) is 5.69 Å². The summed E-state index contributed by atoms with van der Waals surface area (Å²) in [5, 5.41) is 12.4. The standard InChI is InChI=1S/C14H16N4S/c1-9-5-14(13(6-15)10(2)16-9)18(4)7-12-8-19-11(3)17-12/h5,8H,7H2,1-4H3. The van der Waals surface area contributed by atoms with Crippen molar-refractivity contribution in [2.24, 2.45) is 0 Å². The normalized spacial score (nSPS) is 10.3. The number of nitriles is 1. The summed E-state index contributed by atoms with van der Waals surface area (Å²) in [6.07, 6.45) is 0. The first kappa shape index (κ1) is 13.5. The van der Waals surface area contributed by atoms with Crippen LogP contribution < -0.4 is 4.90 Å². The van der Waals surface area contributed by atoms with Gasteiger partial charge >= 0.3 is 0 Å². The number of rotatable bonds is 3. The Morgan fingerprint density at radius 1 is 1.32 bits per heavy atom. The van der Waals surface area contributed by atoms with Gasteiger partial charge in [-0.2, -0.15) is 5.26 Å². The van der Waals surface area contributed by atoms with Crippen LogP contribution in [0.25, 0.3) is 0 Å². The van der Waals surface area contributed by atoms with Crippen LogP contribution in [0.15, 0.2) is 11.4 Å². The Morgan fingerprint density at radius 3 is 2.63 bits per heavy atom. The Labute approximate surface area is 117 Å². The van der Waals surface area contributed by atoms with Crippen LogP contribution in [0, 0.1) is 32.1 Å². The van der Waals surface area contributed by atoms with Gasteiger partial charge in [0.05, 0.1) is 34.2 Å². The van der Waals surface area contributed by atoms with Crippen molar-refractivity contribution in [2.45, 2.75) is 27.3 Å². The van der Waals surface area contributed by atoms with E-state index in [0.717, 1.165) is 27.8 Å². The van der Waals surface area contributed by atoms with Gasteiger partial charge in [0, 0.05) is 18.1 Å². The number of aromatic nitrogens is 2. The van der Waals surface area contributed by atoms with Crippen molar-refractivity contribution in [2.75, 3.05) is 11.9 Å². The lowest BCUT2D eigenvalue weighted by Gasteiger charge is -2.20. The fraction of sp³-hybridized carbons (Fsp3) is 0.357. The van der Waals surface area contributed by atoms with E-state index in [4.69, 9.17) is 0 Å². The number of thiazole rings is 1. The number of anilines is 1. The second-order valence-electron chi connectivity index (χ2n) is 4.57. The molecule has 0 fully saturated rings. The van der Waals surface area contributed by atoms with E-state index in [1.54, 1.807) is 11.3 Å². The van der Waals surface area contributed by atoms with E-state index in [1.807, 2.05) is 33.9 Å². The van der Waals surface area contributed by atoms with Crippen molar-refractivity contribution in [1.29, 1.82) is 5.26 Å². The summed E-state index contributed by atoms with van der Waals surface area (Å²) in [6.45, 7) is 6.51. The van der Waals surface area contributed by atoms with Gasteiger partial charge in [-0.3, -0.25) is 4.98 Å². The Balaban J connectivity index is 2.33. The molecule has 4 nitrogen and oxygen atoms in total. The van der Waals surface area contributed by atoms with Gasteiger partial charge < -0.3 is 4.90 Å². The molecule has 5 heteroatoms. The molecule has 0 N–H and O–H groups in total. The second kappa shape index (κ2) is 5.37. The fourth-order valence-corrected chi connectivity index (χ4v) is 2.66. The second-order valence-corrected chi connectivity index (χ2v) is 5.63. The van der Waals surface area contributed by atoms with Gasteiger partial charge in [0.25, 0.3) is 0 Å². The molecule has 2 aromatic heterocycles. The van der Waals surface area contributed by atoms with Gasteiger partial charge in [0.1, 0.15) is 6.07 Å². The van der Waals surface area contributed by atoms with Crippen LogP contribution in [-0.4, -0.2) is 17.0 Å².